The first kappa shape index (κ1) is 21.7. The SMILES string of the molecule is CCC(C)N(C1CC(=O)N(c2ccc(C#N)cc2)C1=O)S(=O)(=O)c1ccc(C)cc1. The minimum Gasteiger partial charge on any atom is -0.274 e. The lowest BCUT2D eigenvalue weighted by atomic mass is 10.2. The zero-order chi connectivity index (χ0) is 22.1. The van der Waals surface area contributed by atoms with Crippen molar-refractivity contribution in [2.45, 2.75) is 50.6 Å². The molecule has 0 spiro atoms. The summed E-state index contributed by atoms with van der Waals surface area (Å²) in [6, 6.07) is 12.9. The van der Waals surface area contributed by atoms with Gasteiger partial charge in [-0.3, -0.25) is 9.59 Å². The summed E-state index contributed by atoms with van der Waals surface area (Å²) in [4.78, 5) is 27.0. The Kier molecular flexibility index (Phi) is 6.06. The van der Waals surface area contributed by atoms with Crippen molar-refractivity contribution in [3.8, 4) is 6.07 Å². The highest BCUT2D eigenvalue weighted by Crippen LogP contribution is 2.31. The van der Waals surface area contributed by atoms with Crippen LogP contribution in [0.25, 0.3) is 0 Å². The van der Waals surface area contributed by atoms with Gasteiger partial charge in [-0.2, -0.15) is 9.57 Å². The van der Waals surface area contributed by atoms with Crippen LogP contribution in [0.2, 0.25) is 0 Å². The van der Waals surface area contributed by atoms with Crippen LogP contribution in [0.5, 0.6) is 0 Å². The van der Waals surface area contributed by atoms with Crippen molar-refractivity contribution >= 4 is 27.5 Å². The van der Waals surface area contributed by atoms with Crippen LogP contribution in [0, 0.1) is 18.3 Å². The van der Waals surface area contributed by atoms with Crippen LogP contribution in [0.4, 0.5) is 5.69 Å². The molecule has 0 radical (unpaired) electrons. The zero-order valence-electron chi connectivity index (χ0n) is 17.1. The Morgan fingerprint density at radius 1 is 1.13 bits per heavy atom. The highest BCUT2D eigenvalue weighted by atomic mass is 32.2. The molecule has 1 heterocycles. The molecule has 3 rings (SSSR count). The molecule has 30 heavy (non-hydrogen) atoms. The molecule has 2 aromatic carbocycles. The van der Waals surface area contributed by atoms with Crippen LogP contribution in [0.1, 0.15) is 37.8 Å². The van der Waals surface area contributed by atoms with Crippen molar-refractivity contribution in [3.63, 3.8) is 0 Å². The highest BCUT2D eigenvalue weighted by molar-refractivity contribution is 7.89. The summed E-state index contributed by atoms with van der Waals surface area (Å²) >= 11 is 0. The van der Waals surface area contributed by atoms with Gasteiger partial charge < -0.3 is 0 Å². The maximum absolute atomic E-state index is 13.4. The molecule has 7 nitrogen and oxygen atoms in total. The van der Waals surface area contributed by atoms with E-state index in [1.807, 2.05) is 19.9 Å². The predicted octanol–water partition coefficient (Wildman–Crippen LogP) is 2.99. The van der Waals surface area contributed by atoms with Crippen LogP contribution in [0.15, 0.2) is 53.4 Å². The van der Waals surface area contributed by atoms with Gasteiger partial charge in [0.25, 0.3) is 5.91 Å². The fraction of sp³-hybridized carbons (Fsp3) is 0.318. The van der Waals surface area contributed by atoms with Crippen LogP contribution < -0.4 is 4.90 Å². The summed E-state index contributed by atoms with van der Waals surface area (Å²) in [6.07, 6.45) is 0.258. The number of amides is 2. The van der Waals surface area contributed by atoms with Crippen molar-refractivity contribution in [1.82, 2.24) is 4.31 Å². The van der Waals surface area contributed by atoms with E-state index >= 15 is 0 Å². The average Bonchev–Trinajstić information content (AvgIpc) is 3.01. The number of rotatable bonds is 6. The molecule has 2 unspecified atom stereocenters. The number of carbonyl (C=O) groups excluding carboxylic acids is 2. The second-order valence-corrected chi connectivity index (χ2v) is 9.19. The molecule has 1 fully saturated rings. The van der Waals surface area contributed by atoms with Crippen molar-refractivity contribution in [2.75, 3.05) is 4.90 Å². The number of sulfonamides is 1. The molecule has 1 saturated heterocycles. The Balaban J connectivity index is 2.01. The fourth-order valence-corrected chi connectivity index (χ4v) is 5.34. The summed E-state index contributed by atoms with van der Waals surface area (Å²) in [6.45, 7) is 5.42. The molecule has 1 aliphatic rings. The van der Waals surface area contributed by atoms with Crippen LogP contribution in [-0.2, 0) is 19.6 Å². The molecule has 1 aliphatic heterocycles. The molecule has 0 saturated carbocycles. The first-order chi connectivity index (χ1) is 14.2. The second-order valence-electron chi connectivity index (χ2n) is 7.35. The third kappa shape index (κ3) is 3.86. The normalized spacial score (nSPS) is 18.0. The van der Waals surface area contributed by atoms with Gasteiger partial charge in [0.1, 0.15) is 6.04 Å². The standard InChI is InChI=1S/C22H23N3O4S/c1-4-16(3)25(30(28,29)19-11-5-15(2)6-12-19)20-13-21(26)24(22(20)27)18-9-7-17(14-23)8-10-18/h5-12,16,20H,4,13H2,1-3H3. The van der Waals surface area contributed by atoms with Gasteiger partial charge in [0.15, 0.2) is 0 Å². The minimum atomic E-state index is -3.99. The van der Waals surface area contributed by atoms with E-state index in [1.165, 1.54) is 40.7 Å². The number of imide groups is 1. The molecule has 2 amide bonds. The van der Waals surface area contributed by atoms with E-state index in [1.54, 1.807) is 19.1 Å². The third-order valence-electron chi connectivity index (χ3n) is 5.31. The van der Waals surface area contributed by atoms with Crippen LogP contribution in [0.3, 0.4) is 0 Å². The number of aryl methyl sites for hydroxylation is 1. The Morgan fingerprint density at radius 2 is 1.73 bits per heavy atom. The summed E-state index contributed by atoms with van der Waals surface area (Å²) in [5, 5.41) is 8.94. The maximum atomic E-state index is 13.4. The molecule has 0 aliphatic carbocycles. The molecular weight excluding hydrogens is 402 g/mol. The molecule has 0 bridgehead atoms. The number of carbonyl (C=O) groups is 2. The van der Waals surface area contributed by atoms with Gasteiger partial charge in [-0.15, -0.1) is 0 Å². The third-order valence-corrected chi connectivity index (χ3v) is 7.34. The van der Waals surface area contributed by atoms with E-state index in [4.69, 9.17) is 5.26 Å². The van der Waals surface area contributed by atoms with Crippen molar-refractivity contribution < 1.29 is 18.0 Å². The zero-order valence-corrected chi connectivity index (χ0v) is 17.9. The molecule has 2 atom stereocenters. The lowest BCUT2D eigenvalue weighted by Gasteiger charge is -2.31. The van der Waals surface area contributed by atoms with Gasteiger partial charge in [0, 0.05) is 6.04 Å². The number of hydrogen-bond donors (Lipinski definition) is 0. The summed E-state index contributed by atoms with van der Waals surface area (Å²) in [5.74, 6) is -1.05. The molecule has 0 aromatic heterocycles. The minimum absolute atomic E-state index is 0.0884. The van der Waals surface area contributed by atoms with Gasteiger partial charge in [0.2, 0.25) is 15.9 Å². The number of anilines is 1. The Bertz CT molecular complexity index is 1100. The first-order valence-corrected chi connectivity index (χ1v) is 11.1. The average molecular weight is 426 g/mol. The second kappa shape index (κ2) is 8.38. The predicted molar refractivity (Wildman–Crippen MR) is 112 cm³/mol. The molecule has 8 heteroatoms. The van der Waals surface area contributed by atoms with E-state index in [9.17, 15) is 18.0 Å². The quantitative estimate of drug-likeness (QED) is 0.663. The van der Waals surface area contributed by atoms with E-state index in [0.717, 1.165) is 10.5 Å². The van der Waals surface area contributed by atoms with Gasteiger partial charge >= 0.3 is 0 Å². The van der Waals surface area contributed by atoms with E-state index in [0.29, 0.717) is 17.7 Å². The number of hydrogen-bond acceptors (Lipinski definition) is 5. The van der Waals surface area contributed by atoms with Gasteiger partial charge in [0.05, 0.1) is 28.6 Å². The largest absolute Gasteiger partial charge is 0.274 e. The Hall–Kier alpha value is -3.02. The smallest absolute Gasteiger partial charge is 0.252 e. The fourth-order valence-electron chi connectivity index (χ4n) is 3.49. The maximum Gasteiger partial charge on any atom is 0.252 e. The summed E-state index contributed by atoms with van der Waals surface area (Å²) < 4.78 is 28.0. The Morgan fingerprint density at radius 3 is 2.27 bits per heavy atom. The summed E-state index contributed by atoms with van der Waals surface area (Å²) in [7, 11) is -3.99. The van der Waals surface area contributed by atoms with Crippen LogP contribution in [-0.4, -0.2) is 36.6 Å². The van der Waals surface area contributed by atoms with Crippen LogP contribution >= 0.6 is 0 Å². The number of nitriles is 1. The highest BCUT2D eigenvalue weighted by Gasteiger charge is 2.48. The Labute approximate surface area is 176 Å². The molecule has 156 valence electrons. The topological polar surface area (TPSA) is 98.5 Å². The lowest BCUT2D eigenvalue weighted by molar-refractivity contribution is -0.122. The van der Waals surface area contributed by atoms with E-state index < -0.39 is 33.9 Å². The lowest BCUT2D eigenvalue weighted by Crippen LogP contribution is -2.49. The number of nitrogens with zero attached hydrogens (tertiary/aromatic N) is 3. The monoisotopic (exact) mass is 425 g/mol. The number of benzene rings is 2. The van der Waals surface area contributed by atoms with Gasteiger partial charge in [-0.05, 0) is 56.7 Å². The van der Waals surface area contributed by atoms with E-state index in [-0.39, 0.29) is 11.3 Å². The molecular formula is C22H23N3O4S. The van der Waals surface area contributed by atoms with Crippen molar-refractivity contribution in [1.29, 1.82) is 5.26 Å². The first-order valence-electron chi connectivity index (χ1n) is 9.68. The summed E-state index contributed by atoms with van der Waals surface area (Å²) in [5.41, 5.74) is 1.64. The van der Waals surface area contributed by atoms with Crippen molar-refractivity contribution in [3.05, 3.63) is 59.7 Å². The van der Waals surface area contributed by atoms with Gasteiger partial charge in [-0.25, -0.2) is 13.3 Å². The molecule has 2 aromatic rings. The van der Waals surface area contributed by atoms with E-state index in [2.05, 4.69) is 0 Å². The van der Waals surface area contributed by atoms with Crippen molar-refractivity contribution in [2.24, 2.45) is 0 Å². The van der Waals surface area contributed by atoms with Gasteiger partial charge in [-0.1, -0.05) is 24.6 Å². The molecule has 0 N–H and O–H groups in total.